The van der Waals surface area contributed by atoms with Gasteiger partial charge < -0.3 is 10.6 Å². The summed E-state index contributed by atoms with van der Waals surface area (Å²) in [7, 11) is 0. The van der Waals surface area contributed by atoms with Crippen molar-refractivity contribution in [1.82, 2.24) is 15.5 Å². The number of nitrogens with zero attached hydrogens (tertiary/aromatic N) is 1. The van der Waals surface area contributed by atoms with Crippen LogP contribution in [-0.2, 0) is 11.3 Å². The summed E-state index contributed by atoms with van der Waals surface area (Å²) in [5.74, 6) is 0.313. The molecule has 112 valence electrons. The number of amides is 3. The van der Waals surface area contributed by atoms with Crippen LogP contribution in [-0.4, -0.2) is 36.5 Å². The number of piperidine rings is 2. The number of aryl methyl sites for hydroxylation is 1. The number of carbonyl (C=O) groups excluding carboxylic acids is 2. The van der Waals surface area contributed by atoms with Gasteiger partial charge in [-0.1, -0.05) is 24.3 Å². The second kappa shape index (κ2) is 5.85. The molecule has 3 amide bonds. The number of likely N-dealkylation sites (tertiary alicyclic amines) is 1. The highest BCUT2D eigenvalue weighted by Gasteiger charge is 2.39. The molecule has 2 unspecified atom stereocenters. The Hall–Kier alpha value is -1.88. The largest absolute Gasteiger partial charge is 0.334 e. The molecule has 0 spiro atoms. The van der Waals surface area contributed by atoms with Gasteiger partial charge in [0.05, 0.1) is 5.92 Å². The van der Waals surface area contributed by atoms with E-state index in [0.717, 1.165) is 24.1 Å². The van der Waals surface area contributed by atoms with Crippen LogP contribution in [0.2, 0.25) is 0 Å². The average Bonchev–Trinajstić information content (AvgIpc) is 2.50. The van der Waals surface area contributed by atoms with Crippen LogP contribution in [0.3, 0.4) is 0 Å². The van der Waals surface area contributed by atoms with Crippen molar-refractivity contribution in [1.29, 1.82) is 0 Å². The van der Waals surface area contributed by atoms with Crippen LogP contribution < -0.4 is 10.6 Å². The van der Waals surface area contributed by atoms with Gasteiger partial charge in [-0.2, -0.15) is 0 Å². The molecule has 2 fully saturated rings. The van der Waals surface area contributed by atoms with Crippen LogP contribution in [0, 0.1) is 18.8 Å². The normalized spacial score (nSPS) is 24.8. The van der Waals surface area contributed by atoms with E-state index in [4.69, 9.17) is 0 Å². The predicted molar refractivity (Wildman–Crippen MR) is 79.6 cm³/mol. The van der Waals surface area contributed by atoms with Crippen LogP contribution in [0.4, 0.5) is 4.79 Å². The van der Waals surface area contributed by atoms with Crippen molar-refractivity contribution in [3.05, 3.63) is 35.4 Å². The fourth-order valence-corrected chi connectivity index (χ4v) is 3.18. The molecular weight excluding hydrogens is 266 g/mol. The van der Waals surface area contributed by atoms with E-state index in [1.807, 2.05) is 31.2 Å². The van der Waals surface area contributed by atoms with Gasteiger partial charge in [0.1, 0.15) is 0 Å². The summed E-state index contributed by atoms with van der Waals surface area (Å²) < 4.78 is 0. The van der Waals surface area contributed by atoms with Gasteiger partial charge in [0, 0.05) is 19.6 Å². The molecule has 0 aliphatic carbocycles. The molecule has 1 aromatic rings. The highest BCUT2D eigenvalue weighted by atomic mass is 16.2. The lowest BCUT2D eigenvalue weighted by molar-refractivity contribution is -0.137. The van der Waals surface area contributed by atoms with E-state index in [1.54, 1.807) is 0 Å². The van der Waals surface area contributed by atoms with Crippen LogP contribution >= 0.6 is 0 Å². The number of hydrogen-bond acceptors (Lipinski definition) is 3. The van der Waals surface area contributed by atoms with Gasteiger partial charge >= 0.3 is 6.03 Å². The minimum Gasteiger partial charge on any atom is -0.334 e. The van der Waals surface area contributed by atoms with Gasteiger partial charge in [0.25, 0.3) is 0 Å². The van der Waals surface area contributed by atoms with Gasteiger partial charge in [-0.3, -0.25) is 9.69 Å². The fraction of sp³-hybridized carbons (Fsp3) is 0.500. The number of imide groups is 1. The zero-order valence-corrected chi connectivity index (χ0v) is 12.3. The third-order valence-corrected chi connectivity index (χ3v) is 4.43. The molecule has 5 heteroatoms. The van der Waals surface area contributed by atoms with Crippen molar-refractivity contribution >= 4 is 11.9 Å². The Bertz CT molecular complexity index is 558. The van der Waals surface area contributed by atoms with Crippen molar-refractivity contribution in [2.24, 2.45) is 11.8 Å². The Labute approximate surface area is 124 Å². The Balaban J connectivity index is 1.63. The number of fused-ring (bicyclic) bond motifs is 2. The molecule has 2 N–H and O–H groups in total. The van der Waals surface area contributed by atoms with Crippen LogP contribution in [0.25, 0.3) is 0 Å². The fourth-order valence-electron chi connectivity index (χ4n) is 3.18. The Morgan fingerprint density at radius 3 is 3.00 bits per heavy atom. The van der Waals surface area contributed by atoms with Gasteiger partial charge in [-0.15, -0.1) is 0 Å². The van der Waals surface area contributed by atoms with Crippen molar-refractivity contribution in [2.75, 3.05) is 19.6 Å². The first-order valence-corrected chi connectivity index (χ1v) is 7.49. The summed E-state index contributed by atoms with van der Waals surface area (Å²) in [6.07, 6.45) is 0.910. The third kappa shape index (κ3) is 2.93. The second-order valence-electron chi connectivity index (χ2n) is 5.99. The first-order valence-electron chi connectivity index (χ1n) is 7.49. The SMILES string of the molecule is Cc1ccccc1CNC(=O)N1CC2CNCC(C2)C1=O. The predicted octanol–water partition coefficient (Wildman–Crippen LogP) is 1.27. The zero-order chi connectivity index (χ0) is 14.8. The lowest BCUT2D eigenvalue weighted by Crippen LogP contribution is -2.58. The number of benzene rings is 1. The molecule has 1 aromatic carbocycles. The Kier molecular flexibility index (Phi) is 3.92. The third-order valence-electron chi connectivity index (χ3n) is 4.43. The summed E-state index contributed by atoms with van der Waals surface area (Å²) in [5, 5.41) is 6.14. The summed E-state index contributed by atoms with van der Waals surface area (Å²) >= 11 is 0. The molecule has 2 heterocycles. The summed E-state index contributed by atoms with van der Waals surface area (Å²) in [5.41, 5.74) is 2.22. The lowest BCUT2D eigenvalue weighted by Gasteiger charge is -2.39. The zero-order valence-electron chi connectivity index (χ0n) is 12.3. The quantitative estimate of drug-likeness (QED) is 0.861. The highest BCUT2D eigenvalue weighted by molar-refractivity contribution is 5.96. The topological polar surface area (TPSA) is 61.4 Å². The molecule has 0 saturated carbocycles. The maximum Gasteiger partial charge on any atom is 0.324 e. The van der Waals surface area contributed by atoms with Crippen molar-refractivity contribution in [3.8, 4) is 0 Å². The molecule has 2 atom stereocenters. The Morgan fingerprint density at radius 1 is 1.38 bits per heavy atom. The second-order valence-corrected chi connectivity index (χ2v) is 5.99. The molecule has 2 aliphatic heterocycles. The summed E-state index contributed by atoms with van der Waals surface area (Å²) in [4.78, 5) is 26.0. The Morgan fingerprint density at radius 2 is 2.19 bits per heavy atom. The monoisotopic (exact) mass is 287 g/mol. The molecule has 0 radical (unpaired) electrons. The van der Waals surface area contributed by atoms with E-state index in [1.165, 1.54) is 4.90 Å². The van der Waals surface area contributed by atoms with Crippen molar-refractivity contribution < 1.29 is 9.59 Å². The van der Waals surface area contributed by atoms with Gasteiger partial charge in [0.15, 0.2) is 0 Å². The molecule has 5 nitrogen and oxygen atoms in total. The molecule has 3 rings (SSSR count). The number of rotatable bonds is 2. The first-order chi connectivity index (χ1) is 10.1. The molecule has 2 bridgehead atoms. The molecule has 0 aromatic heterocycles. The van der Waals surface area contributed by atoms with Crippen molar-refractivity contribution in [2.45, 2.75) is 19.9 Å². The maximum absolute atomic E-state index is 12.3. The lowest BCUT2D eigenvalue weighted by atomic mass is 9.85. The molecular formula is C16H21N3O2. The standard InChI is InChI=1S/C16H21N3O2/c1-11-4-2-3-5-13(11)9-18-16(21)19-10-12-6-14(15(19)20)8-17-7-12/h2-5,12,14,17H,6-10H2,1H3,(H,18,21). The van der Waals surface area contributed by atoms with Gasteiger partial charge in [-0.05, 0) is 36.9 Å². The van der Waals surface area contributed by atoms with Crippen LogP contribution in [0.5, 0.6) is 0 Å². The van der Waals surface area contributed by atoms with Crippen molar-refractivity contribution in [3.63, 3.8) is 0 Å². The van der Waals surface area contributed by atoms with E-state index in [9.17, 15) is 9.59 Å². The molecule has 2 aliphatic rings. The first kappa shape index (κ1) is 14.1. The van der Waals surface area contributed by atoms with E-state index in [-0.39, 0.29) is 17.9 Å². The van der Waals surface area contributed by atoms with Gasteiger partial charge in [0.2, 0.25) is 5.91 Å². The summed E-state index contributed by atoms with van der Waals surface area (Å²) in [6, 6.07) is 7.68. The van der Waals surface area contributed by atoms with E-state index < -0.39 is 0 Å². The van der Waals surface area contributed by atoms with E-state index >= 15 is 0 Å². The average molecular weight is 287 g/mol. The number of nitrogens with one attached hydrogen (secondary N) is 2. The summed E-state index contributed by atoms with van der Waals surface area (Å²) in [6.45, 7) is 4.59. The van der Waals surface area contributed by atoms with Crippen LogP contribution in [0.1, 0.15) is 17.5 Å². The van der Waals surface area contributed by atoms with Crippen LogP contribution in [0.15, 0.2) is 24.3 Å². The number of carbonyl (C=O) groups is 2. The van der Waals surface area contributed by atoms with E-state index in [2.05, 4.69) is 10.6 Å². The minimum atomic E-state index is -0.264. The smallest absolute Gasteiger partial charge is 0.324 e. The molecule has 21 heavy (non-hydrogen) atoms. The maximum atomic E-state index is 12.3. The highest BCUT2D eigenvalue weighted by Crippen LogP contribution is 2.25. The number of hydrogen-bond donors (Lipinski definition) is 2. The minimum absolute atomic E-state index is 0.0401. The van der Waals surface area contributed by atoms with E-state index in [0.29, 0.717) is 25.6 Å². The molecule has 2 saturated heterocycles. The van der Waals surface area contributed by atoms with Gasteiger partial charge in [-0.25, -0.2) is 4.79 Å². The number of urea groups is 1.